The van der Waals surface area contributed by atoms with Gasteiger partial charge in [0.05, 0.1) is 16.9 Å². The second-order valence-corrected chi connectivity index (χ2v) is 10.2. The Morgan fingerprint density at radius 3 is 2.84 bits per heavy atom. The van der Waals surface area contributed by atoms with Crippen LogP contribution in [0, 0.1) is 5.92 Å². The molecular formula is C24H32N6OS. The van der Waals surface area contributed by atoms with Crippen LogP contribution in [-0.2, 0) is 6.42 Å². The summed E-state index contributed by atoms with van der Waals surface area (Å²) in [6.45, 7) is 8.69. The summed E-state index contributed by atoms with van der Waals surface area (Å²) in [6, 6.07) is 6.39. The summed E-state index contributed by atoms with van der Waals surface area (Å²) < 4.78 is 5.48. The lowest BCUT2D eigenvalue weighted by atomic mass is 9.93. The number of anilines is 2. The molecule has 0 aromatic carbocycles. The summed E-state index contributed by atoms with van der Waals surface area (Å²) in [5.41, 5.74) is 3.27. The van der Waals surface area contributed by atoms with Crippen LogP contribution in [0.2, 0.25) is 0 Å². The van der Waals surface area contributed by atoms with Gasteiger partial charge in [-0.3, -0.25) is 5.10 Å². The third kappa shape index (κ3) is 4.25. The van der Waals surface area contributed by atoms with E-state index in [4.69, 9.17) is 14.4 Å². The third-order valence-corrected chi connectivity index (χ3v) is 7.79. The van der Waals surface area contributed by atoms with Crippen LogP contribution in [0.15, 0.2) is 33.8 Å². The lowest BCUT2D eigenvalue weighted by Gasteiger charge is -2.32. The molecule has 8 heteroatoms. The van der Waals surface area contributed by atoms with Gasteiger partial charge in [0.15, 0.2) is 5.76 Å². The molecule has 0 amide bonds. The van der Waals surface area contributed by atoms with E-state index >= 15 is 0 Å². The average Bonchev–Trinajstić information content (AvgIpc) is 3.58. The van der Waals surface area contributed by atoms with Gasteiger partial charge >= 0.3 is 0 Å². The first-order chi connectivity index (χ1) is 15.6. The van der Waals surface area contributed by atoms with Crippen molar-refractivity contribution < 1.29 is 4.42 Å². The Balaban J connectivity index is 1.30. The van der Waals surface area contributed by atoms with Crippen LogP contribution in [-0.4, -0.2) is 45.0 Å². The molecule has 5 rings (SSSR count). The number of piperidine rings is 1. The minimum atomic E-state index is 0.428. The summed E-state index contributed by atoms with van der Waals surface area (Å²) in [4.78, 5) is 13.6. The molecule has 7 nitrogen and oxygen atoms in total. The Morgan fingerprint density at radius 1 is 1.28 bits per heavy atom. The zero-order valence-electron chi connectivity index (χ0n) is 19.1. The molecule has 32 heavy (non-hydrogen) atoms. The van der Waals surface area contributed by atoms with Gasteiger partial charge in [-0.1, -0.05) is 20.8 Å². The molecule has 5 heterocycles. The molecule has 1 saturated heterocycles. The third-order valence-electron chi connectivity index (χ3n) is 6.66. The number of thioether (sulfide) groups is 1. The molecule has 0 aliphatic carbocycles. The summed E-state index contributed by atoms with van der Waals surface area (Å²) >= 11 is 1.89. The van der Waals surface area contributed by atoms with E-state index < -0.39 is 0 Å². The van der Waals surface area contributed by atoms with Crippen molar-refractivity contribution in [1.29, 1.82) is 0 Å². The van der Waals surface area contributed by atoms with E-state index in [-0.39, 0.29) is 0 Å². The number of nitrogens with one attached hydrogen (secondary N) is 2. The van der Waals surface area contributed by atoms with E-state index in [1.54, 1.807) is 6.26 Å². The molecule has 1 fully saturated rings. The lowest BCUT2D eigenvalue weighted by Crippen LogP contribution is -2.35. The Bertz CT molecular complexity index is 1040. The van der Waals surface area contributed by atoms with E-state index in [9.17, 15) is 0 Å². The topological polar surface area (TPSA) is 82.9 Å². The Morgan fingerprint density at radius 2 is 2.12 bits per heavy atom. The molecule has 0 saturated carbocycles. The van der Waals surface area contributed by atoms with Gasteiger partial charge in [-0.25, -0.2) is 4.98 Å². The van der Waals surface area contributed by atoms with E-state index in [0.29, 0.717) is 17.9 Å². The van der Waals surface area contributed by atoms with Crippen LogP contribution < -0.4 is 10.2 Å². The first kappa shape index (κ1) is 21.4. The minimum Gasteiger partial charge on any atom is -0.463 e. The average molecular weight is 453 g/mol. The molecular weight excluding hydrogens is 420 g/mol. The maximum Gasteiger partial charge on any atom is 0.227 e. The molecule has 3 aromatic heterocycles. The normalized spacial score (nSPS) is 17.7. The first-order valence-corrected chi connectivity index (χ1v) is 12.7. The van der Waals surface area contributed by atoms with Gasteiger partial charge in [0.25, 0.3) is 0 Å². The molecule has 2 N–H and O–H groups in total. The number of nitrogens with zero attached hydrogens (tertiary/aromatic N) is 4. The largest absolute Gasteiger partial charge is 0.463 e. The fourth-order valence-electron chi connectivity index (χ4n) is 4.70. The van der Waals surface area contributed by atoms with Crippen LogP contribution in [0.25, 0.3) is 11.5 Å². The number of furan rings is 1. The number of rotatable bonds is 7. The molecule has 170 valence electrons. The Kier molecular flexibility index (Phi) is 6.13. The lowest BCUT2D eigenvalue weighted by molar-refractivity contribution is 0.488. The highest BCUT2D eigenvalue weighted by Crippen LogP contribution is 2.38. The number of hydrogen-bond acceptors (Lipinski definition) is 7. The quantitative estimate of drug-likeness (QED) is 0.501. The highest BCUT2D eigenvalue weighted by atomic mass is 32.2. The maximum absolute atomic E-state index is 5.48. The SMILES string of the molecule is CCC(Nc1nc(N2CCC(c3cc(-c4ccco4)n[nH]3)CC2)nc2c1SCC2)C(C)C. The molecule has 1 atom stereocenters. The van der Waals surface area contributed by atoms with Crippen LogP contribution in [0.4, 0.5) is 11.8 Å². The van der Waals surface area contributed by atoms with Gasteiger partial charge in [-0.05, 0) is 43.4 Å². The number of hydrogen-bond donors (Lipinski definition) is 2. The van der Waals surface area contributed by atoms with Crippen LogP contribution >= 0.6 is 11.8 Å². The van der Waals surface area contributed by atoms with Crippen molar-refractivity contribution in [3.8, 4) is 11.5 Å². The summed E-state index contributed by atoms with van der Waals surface area (Å²) in [7, 11) is 0. The Labute approximate surface area is 193 Å². The number of aryl methyl sites for hydroxylation is 1. The molecule has 0 spiro atoms. The van der Waals surface area contributed by atoms with Gasteiger partial charge in [-0.2, -0.15) is 10.1 Å². The van der Waals surface area contributed by atoms with Crippen molar-refractivity contribution in [1.82, 2.24) is 20.2 Å². The zero-order valence-corrected chi connectivity index (χ0v) is 19.9. The van der Waals surface area contributed by atoms with Gasteiger partial charge in [0, 0.05) is 42.9 Å². The van der Waals surface area contributed by atoms with Gasteiger partial charge in [-0.15, -0.1) is 11.8 Å². The number of fused-ring (bicyclic) bond motifs is 1. The van der Waals surface area contributed by atoms with Crippen LogP contribution in [0.3, 0.4) is 0 Å². The van der Waals surface area contributed by atoms with E-state index in [1.165, 1.54) is 16.3 Å². The highest BCUT2D eigenvalue weighted by Gasteiger charge is 2.28. The second-order valence-electron chi connectivity index (χ2n) is 9.10. The number of aromatic amines is 1. The first-order valence-electron chi connectivity index (χ1n) is 11.8. The number of aromatic nitrogens is 4. The van der Waals surface area contributed by atoms with Crippen molar-refractivity contribution in [3.05, 3.63) is 35.9 Å². The van der Waals surface area contributed by atoms with Crippen molar-refractivity contribution in [3.63, 3.8) is 0 Å². The van der Waals surface area contributed by atoms with Crippen molar-refractivity contribution in [2.24, 2.45) is 5.92 Å². The van der Waals surface area contributed by atoms with Gasteiger partial charge < -0.3 is 14.6 Å². The van der Waals surface area contributed by atoms with Crippen LogP contribution in [0.1, 0.15) is 57.3 Å². The fourth-order valence-corrected chi connectivity index (χ4v) is 5.75. The molecule has 0 bridgehead atoms. The van der Waals surface area contributed by atoms with Gasteiger partial charge in [0.1, 0.15) is 11.5 Å². The van der Waals surface area contributed by atoms with Crippen LogP contribution in [0.5, 0.6) is 0 Å². The fraction of sp³-hybridized carbons (Fsp3) is 0.542. The minimum absolute atomic E-state index is 0.428. The molecule has 0 radical (unpaired) electrons. The smallest absolute Gasteiger partial charge is 0.227 e. The monoisotopic (exact) mass is 452 g/mol. The van der Waals surface area contributed by atoms with Gasteiger partial charge in [0.2, 0.25) is 5.95 Å². The predicted octanol–water partition coefficient (Wildman–Crippen LogP) is 5.34. The number of H-pyrrole nitrogens is 1. The highest BCUT2D eigenvalue weighted by molar-refractivity contribution is 7.99. The second kappa shape index (κ2) is 9.17. The van der Waals surface area contributed by atoms with E-state index in [1.807, 2.05) is 23.9 Å². The predicted molar refractivity (Wildman–Crippen MR) is 129 cm³/mol. The van der Waals surface area contributed by atoms with E-state index in [0.717, 1.165) is 67.7 Å². The summed E-state index contributed by atoms with van der Waals surface area (Å²) in [6.07, 6.45) is 5.92. The van der Waals surface area contributed by atoms with Crippen molar-refractivity contribution in [2.75, 3.05) is 29.1 Å². The van der Waals surface area contributed by atoms with Crippen molar-refractivity contribution in [2.45, 2.75) is 63.3 Å². The maximum atomic E-state index is 5.48. The van der Waals surface area contributed by atoms with Crippen molar-refractivity contribution >= 4 is 23.5 Å². The standard InChI is InChI=1S/C24H32N6OS/c1-4-17(15(2)3)25-23-22-18(9-13-32-22)26-24(27-23)30-10-7-16(8-11-30)19-14-20(29-28-19)21-6-5-12-31-21/h5-6,12,14-17H,4,7-11,13H2,1-3H3,(H,28,29)(H,25,26,27). The summed E-state index contributed by atoms with van der Waals surface area (Å²) in [5.74, 6) is 4.85. The molecule has 2 aliphatic rings. The van der Waals surface area contributed by atoms with E-state index in [2.05, 4.69) is 47.3 Å². The molecule has 2 aliphatic heterocycles. The molecule has 3 aromatic rings. The zero-order chi connectivity index (χ0) is 22.1. The summed E-state index contributed by atoms with van der Waals surface area (Å²) in [5, 5.41) is 11.4. The Hall–Kier alpha value is -2.48. The molecule has 1 unspecified atom stereocenters.